The maximum absolute atomic E-state index is 12.3. The molecule has 0 spiro atoms. The van der Waals surface area contributed by atoms with Crippen LogP contribution in [0.4, 0.5) is 18.9 Å². The second-order valence-electron chi connectivity index (χ2n) is 8.40. The van der Waals surface area contributed by atoms with Gasteiger partial charge < -0.3 is 25.0 Å². The van der Waals surface area contributed by atoms with Gasteiger partial charge in [0.1, 0.15) is 12.3 Å². The molecule has 1 aliphatic rings. The summed E-state index contributed by atoms with van der Waals surface area (Å²) in [6.45, 7) is 0.0105. The van der Waals surface area contributed by atoms with Crippen molar-refractivity contribution in [2.24, 2.45) is 0 Å². The first-order chi connectivity index (χ1) is 18.3. The Morgan fingerprint density at radius 2 is 2.13 bits per heavy atom. The molecular formula is C23H23F3N4O9. The van der Waals surface area contributed by atoms with E-state index in [9.17, 15) is 47.9 Å². The van der Waals surface area contributed by atoms with Crippen molar-refractivity contribution in [1.82, 2.24) is 14.9 Å². The van der Waals surface area contributed by atoms with Crippen molar-refractivity contribution in [3.8, 4) is 11.8 Å². The van der Waals surface area contributed by atoms with Crippen LogP contribution in [0, 0.1) is 22.0 Å². The van der Waals surface area contributed by atoms with E-state index in [0.717, 1.165) is 10.6 Å². The van der Waals surface area contributed by atoms with E-state index in [0.29, 0.717) is 0 Å². The van der Waals surface area contributed by atoms with Gasteiger partial charge in [-0.05, 0) is 19.1 Å². The van der Waals surface area contributed by atoms with Gasteiger partial charge in [0.05, 0.1) is 48.0 Å². The lowest BCUT2D eigenvalue weighted by Crippen LogP contribution is -2.36. The molecule has 0 bridgehead atoms. The fourth-order valence-corrected chi connectivity index (χ4v) is 3.69. The summed E-state index contributed by atoms with van der Waals surface area (Å²) in [4.78, 5) is 48.4. The Hall–Kier alpha value is -4.04. The Morgan fingerprint density at radius 3 is 2.74 bits per heavy atom. The smallest absolute Gasteiger partial charge is 0.394 e. The maximum atomic E-state index is 12.3. The summed E-state index contributed by atoms with van der Waals surface area (Å²) in [6.07, 6.45) is -7.70. The maximum Gasteiger partial charge on any atom is 0.471 e. The number of halogens is 3. The number of hydrogen-bond donors (Lipinski definition) is 4. The number of benzene rings is 1. The molecule has 16 heteroatoms. The lowest BCUT2D eigenvalue weighted by molar-refractivity contribution is -0.386. The molecule has 39 heavy (non-hydrogen) atoms. The monoisotopic (exact) mass is 556 g/mol. The second kappa shape index (κ2) is 12.2. The number of alkyl halides is 3. The summed E-state index contributed by atoms with van der Waals surface area (Å²) in [5.41, 5.74) is -1.79. The fraction of sp³-hybridized carbons (Fsp3) is 0.435. The standard InChI is InChI=1S/C23H23F3N4O9/c1-12(15-5-4-13(7-16(15)30(36)37)3-2-6-27-21(34)23(24,25)26)38-11-14-9-29(22(35)28-20(14)33)19-8-17(32)18(10-31)39-19/h4-5,7,9,12,17-19,31-32H,6,8,10-11H2,1H3,(H,27,34)(H,28,33,35)/t12?,17?,18-,19-/m1/s1. The molecule has 1 aromatic carbocycles. The van der Waals surface area contributed by atoms with Crippen molar-refractivity contribution in [2.45, 2.75) is 50.7 Å². The number of aromatic nitrogens is 2. The minimum Gasteiger partial charge on any atom is -0.394 e. The van der Waals surface area contributed by atoms with Crippen LogP contribution in [0.3, 0.4) is 0 Å². The summed E-state index contributed by atoms with van der Waals surface area (Å²) in [5.74, 6) is 2.53. The molecule has 2 unspecified atom stereocenters. The highest BCUT2D eigenvalue weighted by Gasteiger charge is 2.38. The highest BCUT2D eigenvalue weighted by Crippen LogP contribution is 2.30. The molecular weight excluding hydrogens is 533 g/mol. The Labute approximate surface area is 217 Å². The summed E-state index contributed by atoms with van der Waals surface area (Å²) in [7, 11) is 0. The number of aromatic amines is 1. The SMILES string of the molecule is CC(OCc1cn([C@H]2CC(O)[C@@H](CO)O2)c(=O)[nH]c1=O)c1ccc(C#CCNC(=O)C(F)(F)F)cc1[N+](=O)[O-]. The number of ether oxygens (including phenoxy) is 2. The second-order valence-corrected chi connectivity index (χ2v) is 8.40. The number of nitro groups is 1. The normalized spacial score (nSPS) is 19.7. The third-order valence-electron chi connectivity index (χ3n) is 5.72. The quantitative estimate of drug-likeness (QED) is 0.203. The van der Waals surface area contributed by atoms with E-state index < -0.39 is 71.6 Å². The van der Waals surface area contributed by atoms with Gasteiger partial charge in [-0.2, -0.15) is 13.2 Å². The Kier molecular flexibility index (Phi) is 9.24. The van der Waals surface area contributed by atoms with Crippen molar-refractivity contribution < 1.29 is 42.6 Å². The lowest BCUT2D eigenvalue weighted by Gasteiger charge is -2.17. The van der Waals surface area contributed by atoms with E-state index >= 15 is 0 Å². The summed E-state index contributed by atoms with van der Waals surface area (Å²) >= 11 is 0. The first-order valence-electron chi connectivity index (χ1n) is 11.3. The number of nitrogens with one attached hydrogen (secondary N) is 2. The number of aliphatic hydroxyl groups is 2. The van der Waals surface area contributed by atoms with E-state index in [4.69, 9.17) is 9.47 Å². The average molecular weight is 556 g/mol. The van der Waals surface area contributed by atoms with Gasteiger partial charge in [-0.15, -0.1) is 0 Å². The van der Waals surface area contributed by atoms with Crippen LogP contribution < -0.4 is 16.6 Å². The van der Waals surface area contributed by atoms with E-state index in [-0.39, 0.29) is 29.7 Å². The fourth-order valence-electron chi connectivity index (χ4n) is 3.69. The van der Waals surface area contributed by atoms with Gasteiger partial charge in [0, 0.05) is 24.2 Å². The number of amides is 1. The van der Waals surface area contributed by atoms with Crippen LogP contribution >= 0.6 is 0 Å². The van der Waals surface area contributed by atoms with Crippen molar-refractivity contribution in [3.05, 3.63) is 72.0 Å². The largest absolute Gasteiger partial charge is 0.471 e. The molecule has 1 fully saturated rings. The van der Waals surface area contributed by atoms with E-state index in [2.05, 4.69) is 16.8 Å². The number of H-pyrrole nitrogens is 1. The Bertz CT molecular complexity index is 1410. The van der Waals surface area contributed by atoms with Gasteiger partial charge in [-0.25, -0.2) is 4.79 Å². The molecule has 210 valence electrons. The highest BCUT2D eigenvalue weighted by atomic mass is 19.4. The molecule has 2 heterocycles. The van der Waals surface area contributed by atoms with Crippen molar-refractivity contribution in [3.63, 3.8) is 0 Å². The Balaban J connectivity index is 1.73. The molecule has 1 saturated heterocycles. The number of aliphatic hydroxyl groups excluding tert-OH is 2. The van der Waals surface area contributed by atoms with Crippen LogP contribution in [0.15, 0.2) is 34.0 Å². The zero-order valence-electron chi connectivity index (χ0n) is 20.2. The first kappa shape index (κ1) is 29.5. The minimum atomic E-state index is -5.06. The van der Waals surface area contributed by atoms with Gasteiger partial charge in [0.25, 0.3) is 11.2 Å². The zero-order valence-corrected chi connectivity index (χ0v) is 20.2. The van der Waals surface area contributed by atoms with E-state index in [1.165, 1.54) is 25.3 Å². The summed E-state index contributed by atoms with van der Waals surface area (Å²) in [6, 6.07) is 3.78. The molecule has 2 aromatic rings. The molecule has 13 nitrogen and oxygen atoms in total. The molecule has 1 amide bonds. The topological polar surface area (TPSA) is 186 Å². The zero-order chi connectivity index (χ0) is 28.9. The number of carbonyl (C=O) groups is 1. The van der Waals surface area contributed by atoms with Gasteiger partial charge in [0.15, 0.2) is 0 Å². The molecule has 0 radical (unpaired) electrons. The van der Waals surface area contributed by atoms with Crippen LogP contribution in [0.25, 0.3) is 0 Å². The third kappa shape index (κ3) is 7.29. The minimum absolute atomic E-state index is 0.00991. The average Bonchev–Trinajstić information content (AvgIpc) is 3.25. The molecule has 0 saturated carbocycles. The molecule has 1 aromatic heterocycles. The predicted octanol–water partition coefficient (Wildman–Crippen LogP) is 0.393. The first-order valence-corrected chi connectivity index (χ1v) is 11.3. The lowest BCUT2D eigenvalue weighted by atomic mass is 10.1. The molecule has 1 aliphatic heterocycles. The van der Waals surface area contributed by atoms with Crippen LogP contribution in [0.1, 0.15) is 42.4 Å². The summed E-state index contributed by atoms with van der Waals surface area (Å²) < 4.78 is 48.7. The van der Waals surface area contributed by atoms with E-state index in [1.807, 2.05) is 0 Å². The number of nitrogens with zero attached hydrogens (tertiary/aromatic N) is 2. The number of carbonyl (C=O) groups excluding carboxylic acids is 1. The van der Waals surface area contributed by atoms with Crippen LogP contribution in [0.5, 0.6) is 0 Å². The van der Waals surface area contributed by atoms with Crippen LogP contribution in [-0.4, -0.2) is 62.1 Å². The third-order valence-corrected chi connectivity index (χ3v) is 5.72. The van der Waals surface area contributed by atoms with Gasteiger partial charge in [0.2, 0.25) is 0 Å². The predicted molar refractivity (Wildman–Crippen MR) is 125 cm³/mol. The molecule has 3 rings (SSSR count). The molecule has 4 atom stereocenters. The Morgan fingerprint density at radius 1 is 1.41 bits per heavy atom. The van der Waals surface area contributed by atoms with Gasteiger partial charge in [-0.1, -0.05) is 11.8 Å². The van der Waals surface area contributed by atoms with Gasteiger partial charge in [-0.3, -0.25) is 29.3 Å². The summed E-state index contributed by atoms with van der Waals surface area (Å²) in [5, 5.41) is 32.3. The molecule has 0 aliphatic carbocycles. The number of rotatable bonds is 8. The van der Waals surface area contributed by atoms with Crippen molar-refractivity contribution in [1.29, 1.82) is 0 Å². The number of hydrogen-bond acceptors (Lipinski definition) is 9. The number of nitro benzene ring substituents is 1. The van der Waals surface area contributed by atoms with E-state index in [1.54, 1.807) is 5.32 Å². The van der Waals surface area contributed by atoms with Crippen LogP contribution in [0.2, 0.25) is 0 Å². The van der Waals surface area contributed by atoms with Gasteiger partial charge >= 0.3 is 17.8 Å². The highest BCUT2D eigenvalue weighted by molar-refractivity contribution is 5.81. The van der Waals surface area contributed by atoms with Crippen LogP contribution in [-0.2, 0) is 20.9 Å². The molecule has 4 N–H and O–H groups in total. The van der Waals surface area contributed by atoms with Crippen molar-refractivity contribution in [2.75, 3.05) is 13.2 Å². The van der Waals surface area contributed by atoms with Crippen molar-refractivity contribution >= 4 is 11.6 Å².